The van der Waals surface area contributed by atoms with E-state index < -0.39 is 30.2 Å². The Morgan fingerprint density at radius 2 is 1.84 bits per heavy atom. The second-order valence-corrected chi connectivity index (χ2v) is 5.81. The number of ether oxygens (including phenoxy) is 1. The molecule has 19 heavy (non-hydrogen) atoms. The quantitative estimate of drug-likeness (QED) is 0.387. The Morgan fingerprint density at radius 3 is 2.53 bits per heavy atom. The molecule has 0 aromatic rings. The molecule has 0 aromatic carbocycles. The summed E-state index contributed by atoms with van der Waals surface area (Å²) >= 11 is 0. The number of esters is 1. The first-order chi connectivity index (χ1) is 8.91. The van der Waals surface area contributed by atoms with Gasteiger partial charge < -0.3 is 14.9 Å². The zero-order chi connectivity index (χ0) is 13.9. The first kappa shape index (κ1) is 12.6. The smallest absolute Gasteiger partial charge is 0.334 e. The molecule has 1 aliphatic heterocycles. The minimum absolute atomic E-state index is 0.0193. The molecule has 0 radical (unpaired) electrons. The van der Waals surface area contributed by atoms with E-state index in [1.165, 1.54) is 0 Å². The first-order valence-electron chi connectivity index (χ1n) is 6.54. The highest BCUT2D eigenvalue weighted by Crippen LogP contribution is 2.51. The van der Waals surface area contributed by atoms with Gasteiger partial charge in [0, 0.05) is 11.5 Å². The predicted octanol–water partition coefficient (Wildman–Crippen LogP) is 0.958. The van der Waals surface area contributed by atoms with Gasteiger partial charge in [-0.1, -0.05) is 25.3 Å². The van der Waals surface area contributed by atoms with Crippen molar-refractivity contribution in [2.45, 2.75) is 31.2 Å². The first-order valence-corrected chi connectivity index (χ1v) is 6.54. The molecule has 3 aliphatic rings. The van der Waals surface area contributed by atoms with Crippen LogP contribution in [-0.2, 0) is 9.53 Å². The summed E-state index contributed by atoms with van der Waals surface area (Å²) in [5, 5.41) is 20.3. The van der Waals surface area contributed by atoms with Gasteiger partial charge in [0.25, 0.3) is 0 Å². The molecular formula is C15H18O4. The molecule has 1 saturated heterocycles. The van der Waals surface area contributed by atoms with E-state index in [1.807, 2.05) is 0 Å². The second-order valence-electron chi connectivity index (χ2n) is 5.81. The van der Waals surface area contributed by atoms with Crippen molar-refractivity contribution in [1.82, 2.24) is 0 Å². The lowest BCUT2D eigenvalue weighted by Crippen LogP contribution is -2.33. The highest BCUT2D eigenvalue weighted by Gasteiger charge is 2.55. The Kier molecular flexibility index (Phi) is 2.69. The lowest BCUT2D eigenvalue weighted by molar-refractivity contribution is -0.141. The van der Waals surface area contributed by atoms with Crippen LogP contribution in [0.5, 0.6) is 0 Å². The molecule has 0 bridgehead atoms. The lowest BCUT2D eigenvalue weighted by Gasteiger charge is -2.26. The zero-order valence-electron chi connectivity index (χ0n) is 10.7. The predicted molar refractivity (Wildman–Crippen MR) is 69.0 cm³/mol. The second kappa shape index (κ2) is 4.05. The topological polar surface area (TPSA) is 66.8 Å². The number of aliphatic hydroxyl groups excluding tert-OH is 2. The largest absolute Gasteiger partial charge is 0.458 e. The fraction of sp³-hybridized carbons (Fsp3) is 0.533. The molecule has 0 aromatic heterocycles. The third-order valence-corrected chi connectivity index (χ3v) is 4.79. The summed E-state index contributed by atoms with van der Waals surface area (Å²) in [5.74, 6) is -1.01. The highest BCUT2D eigenvalue weighted by molar-refractivity contribution is 5.91. The number of rotatable bonds is 0. The van der Waals surface area contributed by atoms with Gasteiger partial charge >= 0.3 is 5.97 Å². The number of aliphatic hydroxyl groups is 2. The summed E-state index contributed by atoms with van der Waals surface area (Å²) in [5.41, 5.74) is 1.89. The standard InChI is InChI=1S/C15H18O4/c1-6-4-11(17)13-8(3)15(18)19-14(13)12-7(2)10(16)5-9(6)12/h9-14,16-17H,1-5H2/t9?,10-,11?,12?,13+,14?/m0/s1. The zero-order valence-corrected chi connectivity index (χ0v) is 10.7. The summed E-state index contributed by atoms with van der Waals surface area (Å²) in [6, 6.07) is 0. The molecule has 6 atom stereocenters. The van der Waals surface area contributed by atoms with Crippen LogP contribution >= 0.6 is 0 Å². The number of carbonyl (C=O) groups is 1. The van der Waals surface area contributed by atoms with Crippen molar-refractivity contribution in [2.75, 3.05) is 0 Å². The van der Waals surface area contributed by atoms with Gasteiger partial charge in [-0.3, -0.25) is 0 Å². The average molecular weight is 262 g/mol. The van der Waals surface area contributed by atoms with Gasteiger partial charge in [-0.15, -0.1) is 0 Å². The van der Waals surface area contributed by atoms with E-state index in [4.69, 9.17) is 4.74 Å². The molecule has 0 amide bonds. The molecule has 2 aliphatic carbocycles. The van der Waals surface area contributed by atoms with Gasteiger partial charge in [0.15, 0.2) is 0 Å². The lowest BCUT2D eigenvalue weighted by atomic mass is 9.81. The molecular weight excluding hydrogens is 244 g/mol. The van der Waals surface area contributed by atoms with Crippen molar-refractivity contribution in [3.8, 4) is 0 Å². The van der Waals surface area contributed by atoms with Crippen molar-refractivity contribution in [1.29, 1.82) is 0 Å². The van der Waals surface area contributed by atoms with Crippen molar-refractivity contribution in [3.63, 3.8) is 0 Å². The van der Waals surface area contributed by atoms with Crippen molar-refractivity contribution in [3.05, 3.63) is 36.5 Å². The van der Waals surface area contributed by atoms with E-state index in [1.54, 1.807) is 0 Å². The van der Waals surface area contributed by atoms with Crippen LogP contribution in [0.1, 0.15) is 12.8 Å². The molecule has 0 spiro atoms. The Balaban J connectivity index is 2.05. The maximum Gasteiger partial charge on any atom is 0.334 e. The van der Waals surface area contributed by atoms with Crippen LogP contribution < -0.4 is 0 Å². The fourth-order valence-corrected chi connectivity index (χ4v) is 3.78. The van der Waals surface area contributed by atoms with E-state index in [9.17, 15) is 15.0 Å². The Bertz CT molecular complexity index is 492. The summed E-state index contributed by atoms with van der Waals surface area (Å²) < 4.78 is 5.40. The summed E-state index contributed by atoms with van der Waals surface area (Å²) in [7, 11) is 0. The van der Waals surface area contributed by atoms with Gasteiger partial charge in [-0.25, -0.2) is 4.79 Å². The third-order valence-electron chi connectivity index (χ3n) is 4.79. The Morgan fingerprint density at radius 1 is 1.16 bits per heavy atom. The molecule has 4 nitrogen and oxygen atoms in total. The molecule has 4 unspecified atom stereocenters. The Labute approximate surface area is 112 Å². The summed E-state index contributed by atoms with van der Waals surface area (Å²) in [4.78, 5) is 11.7. The van der Waals surface area contributed by atoms with Gasteiger partial charge in [0.2, 0.25) is 0 Å². The molecule has 4 heteroatoms. The summed E-state index contributed by atoms with van der Waals surface area (Å²) in [6.07, 6.45) is -0.800. The SMILES string of the molecule is C=C1CC(O)[C@H]2C(=C)C(=O)OC2C2C(=C)[C@@H](O)CC12. The normalized spacial score (nSPS) is 45.8. The number of fused-ring (bicyclic) bond motifs is 3. The third kappa shape index (κ3) is 1.63. The van der Waals surface area contributed by atoms with E-state index >= 15 is 0 Å². The average Bonchev–Trinajstić information content (AvgIpc) is 2.75. The van der Waals surface area contributed by atoms with Crippen molar-refractivity contribution < 1.29 is 19.7 Å². The van der Waals surface area contributed by atoms with Gasteiger partial charge in [-0.2, -0.15) is 0 Å². The number of carbonyl (C=O) groups excluding carboxylic acids is 1. The van der Waals surface area contributed by atoms with Crippen LogP contribution in [0, 0.1) is 17.8 Å². The van der Waals surface area contributed by atoms with Gasteiger partial charge in [0.05, 0.1) is 18.1 Å². The molecule has 3 rings (SSSR count). The van der Waals surface area contributed by atoms with E-state index in [0.717, 1.165) is 5.57 Å². The number of hydrogen-bond acceptors (Lipinski definition) is 4. The van der Waals surface area contributed by atoms with Crippen LogP contribution in [-0.4, -0.2) is 34.5 Å². The maximum atomic E-state index is 11.7. The van der Waals surface area contributed by atoms with Crippen molar-refractivity contribution in [2.24, 2.45) is 17.8 Å². The molecule has 102 valence electrons. The minimum Gasteiger partial charge on any atom is -0.458 e. The maximum absolute atomic E-state index is 11.7. The van der Waals surface area contributed by atoms with Gasteiger partial charge in [0.1, 0.15) is 6.10 Å². The van der Waals surface area contributed by atoms with E-state index in [0.29, 0.717) is 24.0 Å². The fourth-order valence-electron chi connectivity index (χ4n) is 3.78. The van der Waals surface area contributed by atoms with Crippen LogP contribution in [0.15, 0.2) is 36.5 Å². The Hall–Kier alpha value is -1.39. The molecule has 2 saturated carbocycles. The molecule has 3 fully saturated rings. The van der Waals surface area contributed by atoms with Crippen molar-refractivity contribution >= 4 is 5.97 Å². The summed E-state index contributed by atoms with van der Waals surface area (Å²) in [6.45, 7) is 11.7. The van der Waals surface area contributed by atoms with Crippen LogP contribution in [0.4, 0.5) is 0 Å². The monoisotopic (exact) mass is 262 g/mol. The molecule has 1 heterocycles. The van der Waals surface area contributed by atoms with Crippen LogP contribution in [0.3, 0.4) is 0 Å². The minimum atomic E-state index is -0.702. The van der Waals surface area contributed by atoms with Gasteiger partial charge in [-0.05, 0) is 24.3 Å². The van der Waals surface area contributed by atoms with E-state index in [-0.39, 0.29) is 11.8 Å². The number of hydrogen-bond donors (Lipinski definition) is 2. The molecule has 2 N–H and O–H groups in total. The van der Waals surface area contributed by atoms with E-state index in [2.05, 4.69) is 19.7 Å². The van der Waals surface area contributed by atoms with Crippen LogP contribution in [0.25, 0.3) is 0 Å². The van der Waals surface area contributed by atoms with Crippen LogP contribution in [0.2, 0.25) is 0 Å². The highest BCUT2D eigenvalue weighted by atomic mass is 16.6.